The number of aliphatic hydroxyl groups excluding tert-OH is 1. The van der Waals surface area contributed by atoms with Crippen LogP contribution in [-0.2, 0) is 0 Å². The van der Waals surface area contributed by atoms with Crippen LogP contribution in [0.25, 0.3) is 0 Å². The number of rotatable bonds is 2. The van der Waals surface area contributed by atoms with E-state index in [-0.39, 0.29) is 0 Å². The molecular weight excluding hydrogens is 102 g/mol. The molecule has 0 aliphatic heterocycles. The van der Waals surface area contributed by atoms with E-state index >= 15 is 0 Å². The maximum atomic E-state index is 8.49. The van der Waals surface area contributed by atoms with E-state index in [0.717, 1.165) is 18.4 Å². The fourth-order valence-electron chi connectivity index (χ4n) is 0.523. The molecule has 0 amide bonds. The van der Waals surface area contributed by atoms with E-state index in [1.54, 1.807) is 0 Å². The summed E-state index contributed by atoms with van der Waals surface area (Å²) < 4.78 is 0. The van der Waals surface area contributed by atoms with Gasteiger partial charge in [0, 0.05) is 19.8 Å². The van der Waals surface area contributed by atoms with E-state index in [4.69, 9.17) is 5.11 Å². The summed E-state index contributed by atoms with van der Waals surface area (Å²) >= 11 is 0. The molecule has 0 spiro atoms. The Labute approximate surface area is 50.4 Å². The van der Waals surface area contributed by atoms with Crippen molar-refractivity contribution in [2.24, 2.45) is 0 Å². The number of nitrogens with zero attached hydrogens (tertiary/aromatic N) is 1. The molecule has 0 fully saturated rings. The highest BCUT2D eigenvalue weighted by Crippen LogP contribution is 2.00. The van der Waals surface area contributed by atoms with Crippen molar-refractivity contribution >= 4 is 0 Å². The molecule has 0 aliphatic carbocycles. The summed E-state index contributed by atoms with van der Waals surface area (Å²) in [6.07, 6.45) is 2.02. The van der Waals surface area contributed by atoms with E-state index < -0.39 is 0 Å². The van der Waals surface area contributed by atoms with E-state index in [1.807, 2.05) is 25.9 Å². The number of hydrogen-bond donors (Lipinski definition) is 1. The molecule has 0 rings (SSSR count). The van der Waals surface area contributed by atoms with Crippen molar-refractivity contribution in [2.75, 3.05) is 14.1 Å². The molecule has 0 aromatic heterocycles. The minimum absolute atomic E-state index is 0.878. The molecule has 0 heterocycles. The standard InChI is InChI=1S/C6H13NO/c1-4-6(5-8)7(2)3/h5,8H,4H2,1-3H3/b6-5-. The molecule has 0 saturated carbocycles. The largest absolute Gasteiger partial charge is 0.514 e. The highest BCUT2D eigenvalue weighted by atomic mass is 16.2. The first-order valence-corrected chi connectivity index (χ1v) is 2.73. The number of aliphatic hydroxyl groups is 1. The molecule has 0 aromatic rings. The first kappa shape index (κ1) is 7.34. The lowest BCUT2D eigenvalue weighted by Crippen LogP contribution is -2.09. The molecular formula is C6H13NO. The zero-order valence-electron chi connectivity index (χ0n) is 5.68. The second-order valence-electron chi connectivity index (χ2n) is 1.87. The van der Waals surface area contributed by atoms with Crippen LogP contribution in [0.4, 0.5) is 0 Å². The Kier molecular flexibility index (Phi) is 3.08. The second-order valence-corrected chi connectivity index (χ2v) is 1.87. The predicted molar refractivity (Wildman–Crippen MR) is 34.7 cm³/mol. The van der Waals surface area contributed by atoms with Gasteiger partial charge in [-0.2, -0.15) is 0 Å². The summed E-state index contributed by atoms with van der Waals surface area (Å²) in [7, 11) is 3.82. The van der Waals surface area contributed by atoms with Gasteiger partial charge in [-0.05, 0) is 6.42 Å². The molecule has 2 heteroatoms. The number of allylic oxidation sites excluding steroid dienone is 1. The van der Waals surface area contributed by atoms with Crippen LogP contribution >= 0.6 is 0 Å². The van der Waals surface area contributed by atoms with Crippen LogP contribution in [0.15, 0.2) is 12.0 Å². The predicted octanol–water partition coefficient (Wildman–Crippen LogP) is 1.36. The Morgan fingerprint density at radius 2 is 2.12 bits per heavy atom. The van der Waals surface area contributed by atoms with Crippen molar-refractivity contribution in [1.29, 1.82) is 0 Å². The normalized spacial score (nSPS) is 11.6. The minimum Gasteiger partial charge on any atom is -0.514 e. The van der Waals surface area contributed by atoms with Gasteiger partial charge in [0.05, 0.1) is 6.26 Å². The summed E-state index contributed by atoms with van der Waals surface area (Å²) in [6.45, 7) is 2.00. The third-order valence-corrected chi connectivity index (χ3v) is 1.09. The van der Waals surface area contributed by atoms with Crippen molar-refractivity contribution in [3.05, 3.63) is 12.0 Å². The highest BCUT2D eigenvalue weighted by Gasteiger charge is 1.92. The Hall–Kier alpha value is -0.660. The van der Waals surface area contributed by atoms with Crippen molar-refractivity contribution in [1.82, 2.24) is 4.90 Å². The molecule has 48 valence electrons. The van der Waals surface area contributed by atoms with Gasteiger partial charge >= 0.3 is 0 Å². The Balaban J connectivity index is 3.72. The van der Waals surface area contributed by atoms with E-state index in [1.165, 1.54) is 0 Å². The topological polar surface area (TPSA) is 23.5 Å². The van der Waals surface area contributed by atoms with Crippen LogP contribution < -0.4 is 0 Å². The van der Waals surface area contributed by atoms with Gasteiger partial charge in [0.25, 0.3) is 0 Å². The third kappa shape index (κ3) is 1.87. The van der Waals surface area contributed by atoms with Gasteiger partial charge in [0.15, 0.2) is 0 Å². The van der Waals surface area contributed by atoms with Gasteiger partial charge in [-0.15, -0.1) is 0 Å². The molecule has 0 atom stereocenters. The van der Waals surface area contributed by atoms with Crippen LogP contribution in [0.2, 0.25) is 0 Å². The van der Waals surface area contributed by atoms with Crippen molar-refractivity contribution < 1.29 is 5.11 Å². The van der Waals surface area contributed by atoms with Gasteiger partial charge in [0.1, 0.15) is 0 Å². The average molecular weight is 115 g/mol. The molecule has 2 nitrogen and oxygen atoms in total. The summed E-state index contributed by atoms with van der Waals surface area (Å²) in [5.74, 6) is 0. The van der Waals surface area contributed by atoms with E-state index in [2.05, 4.69) is 0 Å². The maximum Gasteiger partial charge on any atom is 0.0982 e. The number of hydrogen-bond acceptors (Lipinski definition) is 2. The van der Waals surface area contributed by atoms with Crippen LogP contribution in [0, 0.1) is 0 Å². The average Bonchev–Trinajstić information content (AvgIpc) is 1.69. The first-order chi connectivity index (χ1) is 3.72. The zero-order valence-corrected chi connectivity index (χ0v) is 5.68. The quantitative estimate of drug-likeness (QED) is 0.549. The Bertz CT molecular complexity index is 86.5. The molecule has 0 unspecified atom stereocenters. The summed E-state index contributed by atoms with van der Waals surface area (Å²) in [5.41, 5.74) is 0.949. The molecule has 0 aromatic carbocycles. The third-order valence-electron chi connectivity index (χ3n) is 1.09. The van der Waals surface area contributed by atoms with Crippen molar-refractivity contribution in [3.63, 3.8) is 0 Å². The van der Waals surface area contributed by atoms with Crippen LogP contribution in [0.3, 0.4) is 0 Å². The van der Waals surface area contributed by atoms with Crippen molar-refractivity contribution in [3.8, 4) is 0 Å². The summed E-state index contributed by atoms with van der Waals surface area (Å²) in [6, 6.07) is 0. The van der Waals surface area contributed by atoms with Gasteiger partial charge < -0.3 is 10.0 Å². The SMILES string of the molecule is CC/C(=C/O)N(C)C. The molecule has 1 N–H and O–H groups in total. The lowest BCUT2D eigenvalue weighted by molar-refractivity contribution is 0.412. The smallest absolute Gasteiger partial charge is 0.0982 e. The molecule has 0 aliphatic rings. The summed E-state index contributed by atoms with van der Waals surface area (Å²) in [4.78, 5) is 1.89. The van der Waals surface area contributed by atoms with Crippen LogP contribution in [-0.4, -0.2) is 24.1 Å². The van der Waals surface area contributed by atoms with Crippen molar-refractivity contribution in [2.45, 2.75) is 13.3 Å². The molecule has 0 saturated heterocycles. The fourth-order valence-corrected chi connectivity index (χ4v) is 0.523. The van der Waals surface area contributed by atoms with Crippen LogP contribution in [0.5, 0.6) is 0 Å². The fraction of sp³-hybridized carbons (Fsp3) is 0.667. The molecule has 0 bridgehead atoms. The first-order valence-electron chi connectivity index (χ1n) is 2.73. The van der Waals surface area contributed by atoms with Gasteiger partial charge in [-0.25, -0.2) is 0 Å². The highest BCUT2D eigenvalue weighted by molar-refractivity contribution is 4.92. The maximum absolute atomic E-state index is 8.49. The second kappa shape index (κ2) is 3.36. The van der Waals surface area contributed by atoms with Gasteiger partial charge in [-0.3, -0.25) is 0 Å². The lowest BCUT2D eigenvalue weighted by atomic mass is 10.3. The minimum atomic E-state index is 0.878. The van der Waals surface area contributed by atoms with E-state index in [0.29, 0.717) is 0 Å². The Morgan fingerprint density at radius 3 is 2.12 bits per heavy atom. The monoisotopic (exact) mass is 115 g/mol. The van der Waals surface area contributed by atoms with E-state index in [9.17, 15) is 0 Å². The molecule has 8 heavy (non-hydrogen) atoms. The molecule has 0 radical (unpaired) electrons. The van der Waals surface area contributed by atoms with Gasteiger partial charge in [-0.1, -0.05) is 6.92 Å². The summed E-state index contributed by atoms with van der Waals surface area (Å²) in [5, 5.41) is 8.49. The Morgan fingerprint density at radius 1 is 1.62 bits per heavy atom. The zero-order chi connectivity index (χ0) is 6.57. The van der Waals surface area contributed by atoms with Crippen LogP contribution in [0.1, 0.15) is 13.3 Å². The van der Waals surface area contributed by atoms with Gasteiger partial charge in [0.2, 0.25) is 0 Å². The lowest BCUT2D eigenvalue weighted by Gasteiger charge is -2.12.